The number of aromatic nitrogens is 2. The van der Waals surface area contributed by atoms with Crippen LogP contribution in [0.4, 0.5) is 5.13 Å². The molecular formula is C12H11N3O4S2. The number of aryl methyl sites for hydroxylation is 1. The minimum atomic E-state index is -3.73. The van der Waals surface area contributed by atoms with Gasteiger partial charge in [0, 0.05) is 6.08 Å². The zero-order valence-electron chi connectivity index (χ0n) is 10.8. The first-order chi connectivity index (χ1) is 9.87. The summed E-state index contributed by atoms with van der Waals surface area (Å²) in [5.74, 6) is -1.07. The molecule has 2 aromatic rings. The number of carbonyl (C=O) groups is 1. The van der Waals surface area contributed by atoms with Crippen molar-refractivity contribution in [1.29, 1.82) is 0 Å². The molecule has 110 valence electrons. The quantitative estimate of drug-likeness (QED) is 0.811. The zero-order valence-corrected chi connectivity index (χ0v) is 12.5. The first-order valence-electron chi connectivity index (χ1n) is 5.71. The fraction of sp³-hybridized carbons (Fsp3) is 0.0833. The molecule has 0 saturated carbocycles. The monoisotopic (exact) mass is 325 g/mol. The predicted octanol–water partition coefficient (Wildman–Crippen LogP) is 1.75. The van der Waals surface area contributed by atoms with E-state index in [-0.39, 0.29) is 10.0 Å². The van der Waals surface area contributed by atoms with E-state index in [2.05, 4.69) is 14.9 Å². The minimum Gasteiger partial charge on any atom is -0.478 e. The Morgan fingerprint density at radius 1 is 1.29 bits per heavy atom. The molecule has 0 aliphatic rings. The molecule has 1 aromatic carbocycles. The number of rotatable bonds is 5. The molecule has 2 rings (SSSR count). The molecule has 0 atom stereocenters. The van der Waals surface area contributed by atoms with E-state index in [1.807, 2.05) is 0 Å². The van der Waals surface area contributed by atoms with Crippen LogP contribution in [0.5, 0.6) is 0 Å². The zero-order chi connectivity index (χ0) is 15.5. The summed E-state index contributed by atoms with van der Waals surface area (Å²) in [4.78, 5) is 10.5. The second kappa shape index (κ2) is 6.02. The summed E-state index contributed by atoms with van der Waals surface area (Å²) in [5.41, 5.74) is 0.586. The standard InChI is InChI=1S/C12H11N3O4S2/c1-8-13-14-12(20-8)15-21(18,19)10-5-2-9(3-6-10)4-7-11(16)17/h2-7H,1H3,(H,14,15)(H,16,17)/b7-4+. The maximum Gasteiger partial charge on any atom is 0.328 e. The van der Waals surface area contributed by atoms with Crippen LogP contribution in [0.3, 0.4) is 0 Å². The fourth-order valence-electron chi connectivity index (χ4n) is 1.44. The third-order valence-electron chi connectivity index (χ3n) is 2.36. The van der Waals surface area contributed by atoms with Gasteiger partial charge in [-0.15, -0.1) is 10.2 Å². The predicted molar refractivity (Wildman–Crippen MR) is 78.6 cm³/mol. The number of benzene rings is 1. The Hall–Kier alpha value is -2.26. The number of carboxylic acids is 1. The van der Waals surface area contributed by atoms with Gasteiger partial charge in [-0.1, -0.05) is 23.5 Å². The smallest absolute Gasteiger partial charge is 0.328 e. The van der Waals surface area contributed by atoms with Crippen molar-refractivity contribution in [1.82, 2.24) is 10.2 Å². The number of anilines is 1. The lowest BCUT2D eigenvalue weighted by Crippen LogP contribution is -2.12. The highest BCUT2D eigenvalue weighted by atomic mass is 32.2. The van der Waals surface area contributed by atoms with Gasteiger partial charge in [0.25, 0.3) is 10.0 Å². The number of nitrogens with zero attached hydrogens (tertiary/aromatic N) is 2. The molecular weight excluding hydrogens is 314 g/mol. The molecule has 7 nitrogen and oxygen atoms in total. The van der Waals surface area contributed by atoms with Crippen LogP contribution in [0.1, 0.15) is 10.6 Å². The molecule has 2 N–H and O–H groups in total. The Labute approximate surface area is 125 Å². The van der Waals surface area contributed by atoms with Crippen LogP contribution in [-0.2, 0) is 14.8 Å². The Kier molecular flexibility index (Phi) is 4.34. The van der Waals surface area contributed by atoms with Gasteiger partial charge in [-0.25, -0.2) is 13.2 Å². The van der Waals surface area contributed by atoms with Gasteiger partial charge in [-0.3, -0.25) is 4.72 Å². The summed E-state index contributed by atoms with van der Waals surface area (Å²) < 4.78 is 26.5. The fourth-order valence-corrected chi connectivity index (χ4v) is 3.26. The molecule has 9 heteroatoms. The highest BCUT2D eigenvalue weighted by molar-refractivity contribution is 7.93. The number of sulfonamides is 1. The lowest BCUT2D eigenvalue weighted by atomic mass is 10.2. The third-order valence-corrected chi connectivity index (χ3v) is 4.59. The van der Waals surface area contributed by atoms with Gasteiger partial charge in [0.2, 0.25) is 5.13 Å². The van der Waals surface area contributed by atoms with Gasteiger partial charge in [0.15, 0.2) is 0 Å². The summed E-state index contributed by atoms with van der Waals surface area (Å²) in [7, 11) is -3.73. The van der Waals surface area contributed by atoms with Crippen molar-refractivity contribution >= 4 is 38.5 Å². The Bertz CT molecular complexity index is 779. The van der Waals surface area contributed by atoms with Crippen LogP contribution in [-0.4, -0.2) is 29.7 Å². The second-order valence-corrected chi connectivity index (χ2v) is 6.84. The van der Waals surface area contributed by atoms with E-state index in [0.717, 1.165) is 17.4 Å². The van der Waals surface area contributed by atoms with Crippen molar-refractivity contribution in [3.8, 4) is 0 Å². The van der Waals surface area contributed by atoms with E-state index in [9.17, 15) is 13.2 Å². The Balaban J connectivity index is 2.19. The molecule has 0 aliphatic heterocycles. The first-order valence-corrected chi connectivity index (χ1v) is 8.01. The van der Waals surface area contributed by atoms with E-state index >= 15 is 0 Å². The van der Waals surface area contributed by atoms with E-state index in [0.29, 0.717) is 10.6 Å². The molecule has 21 heavy (non-hydrogen) atoms. The van der Waals surface area contributed by atoms with Crippen molar-refractivity contribution in [3.05, 3.63) is 40.9 Å². The molecule has 0 bridgehead atoms. The van der Waals surface area contributed by atoms with E-state index in [1.54, 1.807) is 6.92 Å². The summed E-state index contributed by atoms with van der Waals surface area (Å²) in [5, 5.41) is 16.8. The van der Waals surface area contributed by atoms with Crippen LogP contribution < -0.4 is 4.72 Å². The number of carboxylic acid groups (broad SMARTS) is 1. The molecule has 0 amide bonds. The maximum absolute atomic E-state index is 12.1. The van der Waals surface area contributed by atoms with Crippen LogP contribution in [0.15, 0.2) is 35.2 Å². The number of aliphatic carboxylic acids is 1. The largest absolute Gasteiger partial charge is 0.478 e. The first kappa shape index (κ1) is 15.1. The highest BCUT2D eigenvalue weighted by Gasteiger charge is 2.16. The lowest BCUT2D eigenvalue weighted by Gasteiger charge is -2.04. The Morgan fingerprint density at radius 2 is 1.95 bits per heavy atom. The van der Waals surface area contributed by atoms with Gasteiger partial charge >= 0.3 is 5.97 Å². The summed E-state index contributed by atoms with van der Waals surface area (Å²) >= 11 is 1.13. The van der Waals surface area contributed by atoms with Crippen LogP contribution in [0.2, 0.25) is 0 Å². The third kappa shape index (κ3) is 4.10. The maximum atomic E-state index is 12.1. The molecule has 0 unspecified atom stereocenters. The molecule has 0 fully saturated rings. The van der Waals surface area contributed by atoms with Crippen molar-refractivity contribution in [2.24, 2.45) is 0 Å². The van der Waals surface area contributed by atoms with Gasteiger partial charge in [-0.2, -0.15) is 0 Å². The molecule has 0 aliphatic carbocycles. The van der Waals surface area contributed by atoms with Crippen LogP contribution in [0, 0.1) is 6.92 Å². The van der Waals surface area contributed by atoms with Crippen molar-refractivity contribution < 1.29 is 18.3 Å². The summed E-state index contributed by atoms with van der Waals surface area (Å²) in [6, 6.07) is 5.80. The molecule has 1 heterocycles. The molecule has 0 spiro atoms. The van der Waals surface area contributed by atoms with E-state index in [4.69, 9.17) is 5.11 Å². The minimum absolute atomic E-state index is 0.0582. The average Bonchev–Trinajstić information content (AvgIpc) is 2.81. The van der Waals surface area contributed by atoms with Crippen molar-refractivity contribution in [3.63, 3.8) is 0 Å². The second-order valence-electron chi connectivity index (χ2n) is 3.97. The highest BCUT2D eigenvalue weighted by Crippen LogP contribution is 2.19. The molecule has 0 radical (unpaired) electrons. The van der Waals surface area contributed by atoms with Crippen LogP contribution >= 0.6 is 11.3 Å². The summed E-state index contributed by atoms with van der Waals surface area (Å²) in [6.45, 7) is 1.72. The van der Waals surface area contributed by atoms with Gasteiger partial charge in [0.1, 0.15) is 5.01 Å². The SMILES string of the molecule is Cc1nnc(NS(=O)(=O)c2ccc(/C=C/C(=O)O)cc2)s1. The van der Waals surface area contributed by atoms with Crippen LogP contribution in [0.25, 0.3) is 6.08 Å². The van der Waals surface area contributed by atoms with Crippen molar-refractivity contribution in [2.75, 3.05) is 4.72 Å². The van der Waals surface area contributed by atoms with E-state index < -0.39 is 16.0 Å². The van der Waals surface area contributed by atoms with Gasteiger partial charge < -0.3 is 5.11 Å². The summed E-state index contributed by atoms with van der Waals surface area (Å²) in [6.07, 6.45) is 2.35. The normalized spacial score (nSPS) is 11.7. The van der Waals surface area contributed by atoms with E-state index in [1.165, 1.54) is 30.3 Å². The van der Waals surface area contributed by atoms with Gasteiger partial charge in [-0.05, 0) is 30.7 Å². The Morgan fingerprint density at radius 3 is 2.48 bits per heavy atom. The topological polar surface area (TPSA) is 109 Å². The number of nitrogens with one attached hydrogen (secondary N) is 1. The molecule has 0 saturated heterocycles. The number of hydrogen-bond acceptors (Lipinski definition) is 6. The number of hydrogen-bond donors (Lipinski definition) is 2. The molecule has 1 aromatic heterocycles. The van der Waals surface area contributed by atoms with Crippen molar-refractivity contribution in [2.45, 2.75) is 11.8 Å². The lowest BCUT2D eigenvalue weighted by molar-refractivity contribution is -0.131. The van der Waals surface area contributed by atoms with Gasteiger partial charge in [0.05, 0.1) is 4.90 Å². The average molecular weight is 325 g/mol.